The summed E-state index contributed by atoms with van der Waals surface area (Å²) in [6, 6.07) is 0.324. The molecule has 0 bridgehead atoms. The maximum absolute atomic E-state index is 13.0. The molecule has 3 heterocycles. The van der Waals surface area contributed by atoms with Crippen LogP contribution in [0.1, 0.15) is 71.6 Å². The monoisotopic (exact) mass is 486 g/mol. The number of thiazole rings is 1. The van der Waals surface area contributed by atoms with Gasteiger partial charge >= 0.3 is 6.03 Å². The molecule has 9 nitrogen and oxygen atoms in total. The number of hydrogen-bond donors (Lipinski definition) is 2. The number of rotatable bonds is 4. The molecule has 1 saturated carbocycles. The number of nitrogens with one attached hydrogen (secondary N) is 2. The first-order valence-corrected chi connectivity index (χ1v) is 12.9. The van der Waals surface area contributed by atoms with E-state index < -0.39 is 0 Å². The molecule has 1 aliphatic carbocycles. The highest BCUT2D eigenvalue weighted by Gasteiger charge is 2.27. The van der Waals surface area contributed by atoms with Crippen molar-refractivity contribution in [3.63, 3.8) is 0 Å². The molecule has 0 atom stereocenters. The first-order valence-electron chi connectivity index (χ1n) is 12.1. The summed E-state index contributed by atoms with van der Waals surface area (Å²) >= 11 is 1.24. The standard InChI is InChI=1S/C24H34N6O3S/c1-14-15(2)28-29(4)23(32)19(14)22-25-16(3)20(34-22)21(31)26-18-10-12-30(13-11-18)24(33)27-17-8-6-5-7-9-17/h17-18H,5-13H2,1-4H3,(H,26,31)(H,27,33). The maximum Gasteiger partial charge on any atom is 0.317 e. The lowest BCUT2D eigenvalue weighted by Gasteiger charge is -2.34. The van der Waals surface area contributed by atoms with E-state index in [0.29, 0.717) is 40.3 Å². The molecule has 0 unspecified atom stereocenters. The van der Waals surface area contributed by atoms with E-state index in [1.165, 1.54) is 35.3 Å². The Morgan fingerprint density at radius 2 is 1.59 bits per heavy atom. The first kappa shape index (κ1) is 24.4. The molecule has 2 aliphatic rings. The largest absolute Gasteiger partial charge is 0.348 e. The first-order chi connectivity index (χ1) is 16.2. The van der Waals surface area contributed by atoms with Crippen LogP contribution in [0.2, 0.25) is 0 Å². The number of carbonyl (C=O) groups excluding carboxylic acids is 2. The average molecular weight is 487 g/mol. The SMILES string of the molecule is Cc1nc(-c2c(C)c(C)nn(C)c2=O)sc1C(=O)NC1CCN(C(=O)NC2CCCCC2)CC1. The Morgan fingerprint density at radius 3 is 2.26 bits per heavy atom. The lowest BCUT2D eigenvalue weighted by Crippen LogP contribution is -2.51. The number of urea groups is 1. The Kier molecular flexibility index (Phi) is 7.35. The van der Waals surface area contributed by atoms with Gasteiger partial charge in [0.25, 0.3) is 11.5 Å². The number of hydrogen-bond acceptors (Lipinski definition) is 6. The van der Waals surface area contributed by atoms with Gasteiger partial charge in [-0.25, -0.2) is 14.5 Å². The van der Waals surface area contributed by atoms with Crippen LogP contribution in [-0.4, -0.2) is 56.8 Å². The molecule has 4 rings (SSSR count). The van der Waals surface area contributed by atoms with Crippen LogP contribution in [0.4, 0.5) is 4.79 Å². The van der Waals surface area contributed by atoms with Crippen LogP contribution in [0.25, 0.3) is 10.6 Å². The number of piperidine rings is 1. The van der Waals surface area contributed by atoms with E-state index >= 15 is 0 Å². The zero-order valence-electron chi connectivity index (χ0n) is 20.4. The fourth-order valence-electron chi connectivity index (χ4n) is 4.81. The smallest absolute Gasteiger partial charge is 0.317 e. The van der Waals surface area contributed by atoms with Crippen molar-refractivity contribution in [1.82, 2.24) is 30.3 Å². The molecule has 184 valence electrons. The van der Waals surface area contributed by atoms with Gasteiger partial charge in [0.1, 0.15) is 9.88 Å². The van der Waals surface area contributed by atoms with Gasteiger partial charge in [0, 0.05) is 32.2 Å². The summed E-state index contributed by atoms with van der Waals surface area (Å²) in [4.78, 5) is 45.2. The maximum atomic E-state index is 13.0. The summed E-state index contributed by atoms with van der Waals surface area (Å²) in [5.74, 6) is -0.174. The van der Waals surface area contributed by atoms with E-state index in [-0.39, 0.29) is 23.5 Å². The molecule has 1 saturated heterocycles. The van der Waals surface area contributed by atoms with Crippen LogP contribution < -0.4 is 16.2 Å². The normalized spacial score (nSPS) is 17.6. The average Bonchev–Trinajstić information content (AvgIpc) is 3.20. The van der Waals surface area contributed by atoms with Gasteiger partial charge in [-0.15, -0.1) is 11.3 Å². The van der Waals surface area contributed by atoms with Crippen LogP contribution in [0.15, 0.2) is 4.79 Å². The van der Waals surface area contributed by atoms with Gasteiger partial charge in [0.15, 0.2) is 0 Å². The predicted octanol–water partition coefficient (Wildman–Crippen LogP) is 3.07. The third-order valence-corrected chi connectivity index (χ3v) is 8.17. The van der Waals surface area contributed by atoms with Crippen LogP contribution in [0, 0.1) is 20.8 Å². The summed E-state index contributed by atoms with van der Waals surface area (Å²) in [6.45, 7) is 6.76. The lowest BCUT2D eigenvalue weighted by molar-refractivity contribution is 0.0920. The Balaban J connectivity index is 1.37. The van der Waals surface area contributed by atoms with E-state index in [1.54, 1.807) is 14.0 Å². The number of carbonyl (C=O) groups is 2. The molecule has 2 fully saturated rings. The fourth-order valence-corrected chi connectivity index (χ4v) is 5.87. The van der Waals surface area contributed by atoms with E-state index in [4.69, 9.17) is 0 Å². The topological polar surface area (TPSA) is 109 Å². The van der Waals surface area contributed by atoms with Crippen molar-refractivity contribution in [3.8, 4) is 10.6 Å². The van der Waals surface area contributed by atoms with E-state index in [1.807, 2.05) is 18.7 Å². The molecule has 0 radical (unpaired) electrons. The van der Waals surface area contributed by atoms with Crippen molar-refractivity contribution in [3.05, 3.63) is 32.2 Å². The number of aryl methyl sites for hydroxylation is 3. The van der Waals surface area contributed by atoms with Crippen LogP contribution >= 0.6 is 11.3 Å². The van der Waals surface area contributed by atoms with E-state index in [9.17, 15) is 14.4 Å². The van der Waals surface area contributed by atoms with Crippen molar-refractivity contribution >= 4 is 23.3 Å². The molecule has 34 heavy (non-hydrogen) atoms. The minimum Gasteiger partial charge on any atom is -0.348 e. The summed E-state index contributed by atoms with van der Waals surface area (Å²) in [7, 11) is 1.62. The number of likely N-dealkylation sites (tertiary alicyclic amines) is 1. The van der Waals surface area contributed by atoms with Gasteiger partial charge in [-0.3, -0.25) is 9.59 Å². The number of nitrogens with zero attached hydrogens (tertiary/aromatic N) is 4. The highest BCUT2D eigenvalue weighted by atomic mass is 32.1. The van der Waals surface area contributed by atoms with Crippen LogP contribution in [0.5, 0.6) is 0 Å². The summed E-state index contributed by atoms with van der Waals surface area (Å²) in [5, 5.41) is 11.0. The third kappa shape index (κ3) is 5.16. The molecular weight excluding hydrogens is 452 g/mol. The summed E-state index contributed by atoms with van der Waals surface area (Å²) in [5.41, 5.74) is 2.43. The van der Waals surface area contributed by atoms with Crippen molar-refractivity contribution < 1.29 is 9.59 Å². The summed E-state index contributed by atoms with van der Waals surface area (Å²) < 4.78 is 1.31. The highest BCUT2D eigenvalue weighted by Crippen LogP contribution is 2.29. The van der Waals surface area contributed by atoms with E-state index in [0.717, 1.165) is 36.9 Å². The van der Waals surface area contributed by atoms with Crippen LogP contribution in [0.3, 0.4) is 0 Å². The minimum atomic E-state index is -0.220. The van der Waals surface area contributed by atoms with Crippen molar-refractivity contribution in [2.75, 3.05) is 13.1 Å². The molecule has 10 heteroatoms. The Labute approximate surface area is 204 Å². The third-order valence-electron chi connectivity index (χ3n) is 6.99. The van der Waals surface area contributed by atoms with Crippen molar-refractivity contribution in [2.24, 2.45) is 7.05 Å². The molecule has 1 aliphatic heterocycles. The molecule has 2 N–H and O–H groups in total. The Hall–Kier alpha value is -2.75. The predicted molar refractivity (Wildman–Crippen MR) is 132 cm³/mol. The van der Waals surface area contributed by atoms with Crippen molar-refractivity contribution in [2.45, 2.75) is 77.8 Å². The molecule has 2 aromatic rings. The molecule has 0 aromatic carbocycles. The van der Waals surface area contributed by atoms with Gasteiger partial charge in [-0.2, -0.15) is 5.10 Å². The van der Waals surface area contributed by atoms with Gasteiger partial charge in [-0.05, 0) is 52.0 Å². The molecule has 3 amide bonds. The Morgan fingerprint density at radius 1 is 0.941 bits per heavy atom. The van der Waals surface area contributed by atoms with Gasteiger partial charge in [-0.1, -0.05) is 19.3 Å². The van der Waals surface area contributed by atoms with Crippen LogP contribution in [-0.2, 0) is 7.05 Å². The second-order valence-corrected chi connectivity index (χ2v) is 10.5. The minimum absolute atomic E-state index is 0.00829. The second-order valence-electron chi connectivity index (χ2n) is 9.47. The fraction of sp³-hybridized carbons (Fsp3) is 0.625. The summed E-state index contributed by atoms with van der Waals surface area (Å²) in [6.07, 6.45) is 7.21. The zero-order valence-corrected chi connectivity index (χ0v) is 21.3. The van der Waals surface area contributed by atoms with E-state index in [2.05, 4.69) is 20.7 Å². The van der Waals surface area contributed by atoms with Gasteiger partial charge < -0.3 is 15.5 Å². The molecule has 2 aromatic heterocycles. The lowest BCUT2D eigenvalue weighted by atomic mass is 9.95. The second kappa shape index (κ2) is 10.2. The number of aromatic nitrogens is 3. The molecule has 0 spiro atoms. The number of amides is 3. The Bertz CT molecular complexity index is 1130. The van der Waals surface area contributed by atoms with Crippen molar-refractivity contribution in [1.29, 1.82) is 0 Å². The molecular formula is C24H34N6O3S. The quantitative estimate of drug-likeness (QED) is 0.690. The van der Waals surface area contributed by atoms with Gasteiger partial charge in [0.2, 0.25) is 0 Å². The zero-order chi connectivity index (χ0) is 24.4. The van der Waals surface area contributed by atoms with Gasteiger partial charge in [0.05, 0.1) is 17.0 Å². The highest BCUT2D eigenvalue weighted by molar-refractivity contribution is 7.17.